The number of halogens is 2. The number of ether oxygens (including phenoxy) is 1. The zero-order valence-electron chi connectivity index (χ0n) is 6.72. The normalized spacial score (nSPS) is 12.0. The lowest BCUT2D eigenvalue weighted by Crippen LogP contribution is -2.31. The van der Waals surface area contributed by atoms with Crippen LogP contribution >= 0.6 is 23.2 Å². The van der Waals surface area contributed by atoms with Gasteiger partial charge in [0.1, 0.15) is 10.5 Å². The molecule has 0 rings (SSSR count). The van der Waals surface area contributed by atoms with Gasteiger partial charge in [-0.05, 0) is 13.3 Å². The lowest BCUT2D eigenvalue weighted by molar-refractivity contribution is -0.144. The fourth-order valence-electron chi connectivity index (χ4n) is 0.562. The van der Waals surface area contributed by atoms with E-state index < -0.39 is 12.0 Å². The van der Waals surface area contributed by atoms with Gasteiger partial charge in [-0.2, -0.15) is 0 Å². The van der Waals surface area contributed by atoms with Gasteiger partial charge in [0.15, 0.2) is 0 Å². The number of carbonyl (C=O) groups is 1. The third-order valence-corrected chi connectivity index (χ3v) is 1.42. The molecule has 0 aliphatic carbocycles. The highest BCUT2D eigenvalue weighted by Gasteiger charge is 2.12. The average molecular weight is 212 g/mol. The summed E-state index contributed by atoms with van der Waals surface area (Å²) < 4.78 is 4.76. The van der Waals surface area contributed by atoms with Gasteiger partial charge < -0.3 is 10.5 Å². The molecule has 0 saturated heterocycles. The Hall–Kier alpha value is -0.250. The van der Waals surface area contributed by atoms with E-state index in [1.165, 1.54) is 6.08 Å². The second-order valence-corrected chi connectivity index (χ2v) is 3.10. The van der Waals surface area contributed by atoms with Crippen molar-refractivity contribution in [2.45, 2.75) is 19.4 Å². The smallest absolute Gasteiger partial charge is 0.323 e. The van der Waals surface area contributed by atoms with Crippen molar-refractivity contribution in [3.63, 3.8) is 0 Å². The highest BCUT2D eigenvalue weighted by molar-refractivity contribution is 6.55. The zero-order chi connectivity index (χ0) is 9.56. The molecule has 3 nitrogen and oxygen atoms in total. The Morgan fingerprint density at radius 1 is 1.67 bits per heavy atom. The Balaban J connectivity index is 3.79. The van der Waals surface area contributed by atoms with E-state index in [2.05, 4.69) is 4.74 Å². The third kappa shape index (κ3) is 5.41. The van der Waals surface area contributed by atoms with Crippen molar-refractivity contribution in [2.75, 3.05) is 6.61 Å². The Labute approximate surface area is 81.5 Å². The number of hydrogen-bond acceptors (Lipinski definition) is 3. The van der Waals surface area contributed by atoms with Crippen LogP contribution in [0.5, 0.6) is 0 Å². The van der Waals surface area contributed by atoms with Crippen LogP contribution in [-0.2, 0) is 9.53 Å². The second-order valence-electron chi connectivity index (χ2n) is 2.09. The number of hydrogen-bond donors (Lipinski definition) is 1. The molecule has 2 N–H and O–H groups in total. The SMILES string of the molecule is CCOC(=O)C(N)CC=C(Cl)Cl. The topological polar surface area (TPSA) is 52.3 Å². The summed E-state index contributed by atoms with van der Waals surface area (Å²) >= 11 is 10.6. The van der Waals surface area contributed by atoms with E-state index in [0.717, 1.165) is 0 Å². The molecule has 5 heteroatoms. The van der Waals surface area contributed by atoms with Gasteiger partial charge >= 0.3 is 5.97 Å². The molecule has 0 bridgehead atoms. The minimum Gasteiger partial charge on any atom is -0.465 e. The minimum atomic E-state index is -0.683. The van der Waals surface area contributed by atoms with E-state index in [1.807, 2.05) is 0 Å². The fourth-order valence-corrected chi connectivity index (χ4v) is 0.740. The van der Waals surface area contributed by atoms with Crippen LogP contribution in [-0.4, -0.2) is 18.6 Å². The van der Waals surface area contributed by atoms with Crippen molar-refractivity contribution in [1.29, 1.82) is 0 Å². The molecule has 1 unspecified atom stereocenters. The molecule has 0 radical (unpaired) electrons. The van der Waals surface area contributed by atoms with Crippen LogP contribution in [0.3, 0.4) is 0 Å². The van der Waals surface area contributed by atoms with E-state index in [9.17, 15) is 4.79 Å². The first kappa shape index (κ1) is 11.8. The van der Waals surface area contributed by atoms with Gasteiger partial charge in [-0.3, -0.25) is 4.79 Å². The lowest BCUT2D eigenvalue weighted by atomic mass is 10.2. The minimum absolute atomic E-state index is 0.106. The van der Waals surface area contributed by atoms with Crippen molar-refractivity contribution in [3.05, 3.63) is 10.6 Å². The van der Waals surface area contributed by atoms with Gasteiger partial charge in [-0.15, -0.1) is 0 Å². The monoisotopic (exact) mass is 211 g/mol. The van der Waals surface area contributed by atoms with Gasteiger partial charge in [-0.1, -0.05) is 29.3 Å². The molecule has 0 aromatic carbocycles. The van der Waals surface area contributed by atoms with E-state index in [4.69, 9.17) is 28.9 Å². The molecule has 0 aromatic rings. The number of rotatable bonds is 4. The molecular formula is C7H11Cl2NO2. The standard InChI is InChI=1S/C7H11Cl2NO2/c1-2-12-7(11)5(10)3-4-6(8)9/h4-5H,2-3,10H2,1H3. The van der Waals surface area contributed by atoms with Crippen LogP contribution in [0.4, 0.5) is 0 Å². The molecule has 0 fully saturated rings. The lowest BCUT2D eigenvalue weighted by Gasteiger charge is -2.06. The highest BCUT2D eigenvalue weighted by atomic mass is 35.5. The van der Waals surface area contributed by atoms with Crippen molar-refractivity contribution >= 4 is 29.2 Å². The van der Waals surface area contributed by atoms with E-state index in [0.29, 0.717) is 13.0 Å². The van der Waals surface area contributed by atoms with Crippen LogP contribution in [0.15, 0.2) is 10.6 Å². The molecule has 0 aliphatic rings. The maximum atomic E-state index is 10.9. The van der Waals surface area contributed by atoms with Crippen LogP contribution in [0.1, 0.15) is 13.3 Å². The predicted molar refractivity (Wildman–Crippen MR) is 49.0 cm³/mol. The van der Waals surface area contributed by atoms with Gasteiger partial charge in [-0.25, -0.2) is 0 Å². The van der Waals surface area contributed by atoms with Crippen LogP contribution in [0, 0.1) is 0 Å². The molecule has 0 aromatic heterocycles. The second kappa shape index (κ2) is 6.29. The first-order valence-electron chi connectivity index (χ1n) is 3.51. The fraction of sp³-hybridized carbons (Fsp3) is 0.571. The largest absolute Gasteiger partial charge is 0.465 e. The van der Waals surface area contributed by atoms with Crippen molar-refractivity contribution in [2.24, 2.45) is 5.73 Å². The number of esters is 1. The summed E-state index contributed by atoms with van der Waals surface area (Å²) in [7, 11) is 0. The molecule has 0 spiro atoms. The Bertz CT molecular complexity index is 178. The van der Waals surface area contributed by atoms with Gasteiger partial charge in [0.25, 0.3) is 0 Å². The average Bonchev–Trinajstić information content (AvgIpc) is 2.00. The van der Waals surface area contributed by atoms with Crippen molar-refractivity contribution < 1.29 is 9.53 Å². The van der Waals surface area contributed by atoms with Crippen molar-refractivity contribution in [3.8, 4) is 0 Å². The summed E-state index contributed by atoms with van der Waals surface area (Å²) in [4.78, 5) is 10.9. The molecule has 0 heterocycles. The Morgan fingerprint density at radius 3 is 2.67 bits per heavy atom. The van der Waals surface area contributed by atoms with Crippen LogP contribution < -0.4 is 5.73 Å². The first-order valence-corrected chi connectivity index (χ1v) is 4.27. The van der Waals surface area contributed by atoms with Gasteiger partial charge in [0.05, 0.1) is 6.61 Å². The maximum Gasteiger partial charge on any atom is 0.323 e. The number of carbonyl (C=O) groups excluding carboxylic acids is 1. The quantitative estimate of drug-likeness (QED) is 0.720. The summed E-state index contributed by atoms with van der Waals surface area (Å²) in [6.07, 6.45) is 1.76. The van der Waals surface area contributed by atoms with E-state index in [1.54, 1.807) is 6.92 Å². The molecule has 12 heavy (non-hydrogen) atoms. The molecular weight excluding hydrogens is 201 g/mol. The Morgan fingerprint density at radius 2 is 2.25 bits per heavy atom. The summed E-state index contributed by atoms with van der Waals surface area (Å²) in [6.45, 7) is 2.04. The highest BCUT2D eigenvalue weighted by Crippen LogP contribution is 2.08. The molecule has 1 atom stereocenters. The maximum absolute atomic E-state index is 10.9. The Kier molecular flexibility index (Phi) is 6.16. The van der Waals surface area contributed by atoms with E-state index in [-0.39, 0.29) is 4.49 Å². The van der Waals surface area contributed by atoms with Crippen LogP contribution in [0.25, 0.3) is 0 Å². The molecule has 0 amide bonds. The summed E-state index contributed by atoms with van der Waals surface area (Å²) in [5.74, 6) is -0.441. The predicted octanol–water partition coefficient (Wildman–Crippen LogP) is 1.59. The van der Waals surface area contributed by atoms with E-state index >= 15 is 0 Å². The molecule has 0 aliphatic heterocycles. The van der Waals surface area contributed by atoms with Crippen LogP contribution in [0.2, 0.25) is 0 Å². The van der Waals surface area contributed by atoms with Gasteiger partial charge in [0.2, 0.25) is 0 Å². The first-order chi connectivity index (χ1) is 5.57. The summed E-state index contributed by atoms with van der Waals surface area (Å²) in [5, 5.41) is 0. The van der Waals surface area contributed by atoms with Crippen molar-refractivity contribution in [1.82, 2.24) is 0 Å². The molecule has 70 valence electrons. The zero-order valence-corrected chi connectivity index (χ0v) is 8.23. The molecule has 0 saturated carbocycles. The summed E-state index contributed by atoms with van der Waals surface area (Å²) in [5.41, 5.74) is 5.42. The summed E-state index contributed by atoms with van der Waals surface area (Å²) in [6, 6.07) is -0.683. The van der Waals surface area contributed by atoms with Gasteiger partial charge in [0, 0.05) is 0 Å². The number of nitrogens with two attached hydrogens (primary N) is 1. The third-order valence-electron chi connectivity index (χ3n) is 1.12.